The van der Waals surface area contributed by atoms with E-state index in [0.717, 1.165) is 0 Å². The van der Waals surface area contributed by atoms with Crippen molar-refractivity contribution in [2.24, 2.45) is 4.99 Å². The molecule has 0 aliphatic rings. The van der Waals surface area contributed by atoms with E-state index in [2.05, 4.69) is 4.99 Å². The Bertz CT molecular complexity index is 849. The molecule has 0 aliphatic heterocycles. The van der Waals surface area contributed by atoms with E-state index in [4.69, 9.17) is 4.74 Å². The van der Waals surface area contributed by atoms with Crippen LogP contribution in [0.25, 0.3) is 0 Å². The summed E-state index contributed by atoms with van der Waals surface area (Å²) >= 11 is 0. The maximum Gasteiger partial charge on any atom is 0.433 e. The van der Waals surface area contributed by atoms with Gasteiger partial charge in [0.1, 0.15) is 17.5 Å². The van der Waals surface area contributed by atoms with Gasteiger partial charge >= 0.3 is 6.18 Å². The minimum Gasteiger partial charge on any atom is -0.497 e. The first-order valence-electron chi connectivity index (χ1n) is 8.38. The van der Waals surface area contributed by atoms with Gasteiger partial charge in [-0.1, -0.05) is 60.7 Å². The third-order valence-electron chi connectivity index (χ3n) is 4.12. The summed E-state index contributed by atoms with van der Waals surface area (Å²) in [5.74, 6) is 0.489. The lowest BCUT2D eigenvalue weighted by molar-refractivity contribution is -0.0583. The van der Waals surface area contributed by atoms with Gasteiger partial charge in [0.25, 0.3) is 0 Å². The first-order valence-corrected chi connectivity index (χ1v) is 8.38. The van der Waals surface area contributed by atoms with Crippen LogP contribution < -0.4 is 4.74 Å². The molecule has 2 nitrogen and oxygen atoms in total. The first-order chi connectivity index (χ1) is 13.0. The molecule has 0 unspecified atom stereocenters. The molecule has 0 fully saturated rings. The Hall–Kier alpha value is -3.08. The zero-order valence-corrected chi connectivity index (χ0v) is 14.6. The van der Waals surface area contributed by atoms with Crippen molar-refractivity contribution in [3.05, 3.63) is 102 Å². The molecular formula is C22H18F3NO. The molecule has 0 amide bonds. The van der Waals surface area contributed by atoms with Gasteiger partial charge in [-0.3, -0.25) is 4.99 Å². The number of methoxy groups -OCH3 is 1. The number of benzene rings is 3. The maximum absolute atomic E-state index is 13.8. The van der Waals surface area contributed by atoms with Crippen LogP contribution in [0.5, 0.6) is 5.75 Å². The summed E-state index contributed by atoms with van der Waals surface area (Å²) in [7, 11) is 1.47. The predicted molar refractivity (Wildman–Crippen MR) is 100 cm³/mol. The van der Waals surface area contributed by atoms with E-state index >= 15 is 0 Å². The fraction of sp³-hybridized carbons (Fsp3) is 0.136. The van der Waals surface area contributed by atoms with Crippen molar-refractivity contribution in [3.63, 3.8) is 0 Å². The van der Waals surface area contributed by atoms with E-state index in [9.17, 15) is 13.2 Å². The van der Waals surface area contributed by atoms with E-state index in [-0.39, 0.29) is 5.56 Å². The number of ether oxygens (including phenoxy) is 1. The van der Waals surface area contributed by atoms with Gasteiger partial charge in [0.05, 0.1) is 7.11 Å². The average Bonchev–Trinajstić information content (AvgIpc) is 2.69. The summed E-state index contributed by atoms with van der Waals surface area (Å²) < 4.78 is 46.5. The highest BCUT2D eigenvalue weighted by Crippen LogP contribution is 2.31. The second-order valence-corrected chi connectivity index (χ2v) is 5.93. The van der Waals surface area contributed by atoms with E-state index in [1.807, 2.05) is 12.1 Å². The molecule has 0 aromatic heterocycles. The van der Waals surface area contributed by atoms with Crippen molar-refractivity contribution in [2.75, 3.05) is 7.11 Å². The number of nitrogens with zero attached hydrogens (tertiary/aromatic N) is 1. The number of hydrogen-bond donors (Lipinski definition) is 0. The van der Waals surface area contributed by atoms with Gasteiger partial charge in [-0.25, -0.2) is 0 Å². The molecule has 0 saturated heterocycles. The van der Waals surface area contributed by atoms with E-state index in [1.54, 1.807) is 48.5 Å². The minimum atomic E-state index is -4.59. The third-order valence-corrected chi connectivity index (χ3v) is 4.12. The van der Waals surface area contributed by atoms with Crippen molar-refractivity contribution >= 4 is 5.71 Å². The Morgan fingerprint density at radius 3 is 1.67 bits per heavy atom. The molecule has 0 spiro atoms. The average molecular weight is 369 g/mol. The zero-order valence-electron chi connectivity index (χ0n) is 14.6. The quantitative estimate of drug-likeness (QED) is 0.518. The van der Waals surface area contributed by atoms with Gasteiger partial charge in [0.2, 0.25) is 0 Å². The normalized spacial score (nSPS) is 12.3. The third kappa shape index (κ3) is 4.56. The van der Waals surface area contributed by atoms with Crippen LogP contribution in [-0.2, 0) is 0 Å². The van der Waals surface area contributed by atoms with Gasteiger partial charge in [0.15, 0.2) is 0 Å². The Labute approximate surface area is 156 Å². The van der Waals surface area contributed by atoms with Crippen molar-refractivity contribution in [1.29, 1.82) is 0 Å². The fourth-order valence-corrected chi connectivity index (χ4v) is 2.80. The van der Waals surface area contributed by atoms with Gasteiger partial charge in [-0.15, -0.1) is 0 Å². The molecule has 0 saturated carbocycles. The van der Waals surface area contributed by atoms with Crippen LogP contribution >= 0.6 is 0 Å². The molecule has 27 heavy (non-hydrogen) atoms. The molecule has 0 aliphatic carbocycles. The SMILES string of the molecule is COc1ccc(C(=NC(c2ccccc2)c2ccccc2)C(F)(F)F)cc1. The number of hydrogen-bond acceptors (Lipinski definition) is 2. The molecule has 138 valence electrons. The largest absolute Gasteiger partial charge is 0.497 e. The van der Waals surface area contributed by atoms with Crippen molar-refractivity contribution in [3.8, 4) is 5.75 Å². The van der Waals surface area contributed by atoms with Crippen molar-refractivity contribution < 1.29 is 17.9 Å². The van der Waals surface area contributed by atoms with Crippen LogP contribution in [0.1, 0.15) is 22.7 Å². The zero-order chi connectivity index (χ0) is 19.3. The van der Waals surface area contributed by atoms with Crippen LogP contribution in [0.4, 0.5) is 13.2 Å². The van der Waals surface area contributed by atoms with Crippen LogP contribution in [0.3, 0.4) is 0 Å². The van der Waals surface area contributed by atoms with Gasteiger partial charge in [0, 0.05) is 5.56 Å². The van der Waals surface area contributed by atoms with E-state index in [1.165, 1.54) is 31.4 Å². The number of halogens is 3. The molecule has 3 aromatic rings. The summed E-state index contributed by atoms with van der Waals surface area (Å²) in [6.07, 6.45) is -4.59. The second-order valence-electron chi connectivity index (χ2n) is 5.93. The molecule has 3 aromatic carbocycles. The smallest absolute Gasteiger partial charge is 0.433 e. The summed E-state index contributed by atoms with van der Waals surface area (Å²) in [5, 5.41) is 0. The Balaban J connectivity index is 2.14. The van der Waals surface area contributed by atoms with Gasteiger partial charge in [-0.05, 0) is 35.4 Å². The van der Waals surface area contributed by atoms with E-state index < -0.39 is 17.9 Å². The van der Waals surface area contributed by atoms with Crippen LogP contribution in [0.15, 0.2) is 89.9 Å². The highest BCUT2D eigenvalue weighted by Gasteiger charge is 2.37. The van der Waals surface area contributed by atoms with Crippen molar-refractivity contribution in [1.82, 2.24) is 0 Å². The molecule has 0 bridgehead atoms. The lowest BCUT2D eigenvalue weighted by atomic mass is 9.98. The standard InChI is InChI=1S/C22H18F3NO/c1-27-19-14-12-18(13-15-19)21(22(23,24)25)26-20(16-8-4-2-5-9-16)17-10-6-3-7-11-17/h2-15,20H,1H3. The first kappa shape index (κ1) is 18.7. The minimum absolute atomic E-state index is 0.000150. The molecule has 5 heteroatoms. The lowest BCUT2D eigenvalue weighted by Crippen LogP contribution is -2.25. The van der Waals surface area contributed by atoms with Crippen LogP contribution in [-0.4, -0.2) is 19.0 Å². The number of alkyl halides is 3. The maximum atomic E-state index is 13.8. The Morgan fingerprint density at radius 2 is 1.26 bits per heavy atom. The summed E-state index contributed by atoms with van der Waals surface area (Å²) in [5.41, 5.74) is 0.473. The topological polar surface area (TPSA) is 21.6 Å². The lowest BCUT2D eigenvalue weighted by Gasteiger charge is -2.18. The highest BCUT2D eigenvalue weighted by atomic mass is 19.4. The van der Waals surface area contributed by atoms with E-state index in [0.29, 0.717) is 16.9 Å². The molecule has 3 rings (SSSR count). The van der Waals surface area contributed by atoms with Crippen molar-refractivity contribution in [2.45, 2.75) is 12.2 Å². The summed E-state index contributed by atoms with van der Waals surface area (Å²) in [6.45, 7) is 0. The van der Waals surface area contributed by atoms with Crippen LogP contribution in [0, 0.1) is 0 Å². The molecule has 0 heterocycles. The Morgan fingerprint density at radius 1 is 0.778 bits per heavy atom. The monoisotopic (exact) mass is 369 g/mol. The molecule has 0 N–H and O–H groups in total. The summed E-state index contributed by atoms with van der Waals surface area (Å²) in [4.78, 5) is 4.16. The number of rotatable bonds is 5. The molecular weight excluding hydrogens is 351 g/mol. The van der Waals surface area contributed by atoms with Gasteiger partial charge in [-0.2, -0.15) is 13.2 Å². The number of aliphatic imine (C=N–C) groups is 1. The van der Waals surface area contributed by atoms with Crippen LogP contribution in [0.2, 0.25) is 0 Å². The Kier molecular flexibility index (Phi) is 5.60. The van der Waals surface area contributed by atoms with Gasteiger partial charge < -0.3 is 4.74 Å². The highest BCUT2D eigenvalue weighted by molar-refractivity contribution is 6.05. The molecule has 0 atom stereocenters. The fourth-order valence-electron chi connectivity index (χ4n) is 2.80. The predicted octanol–water partition coefficient (Wildman–Crippen LogP) is 5.84. The second kappa shape index (κ2) is 8.08. The summed E-state index contributed by atoms with van der Waals surface area (Å²) in [6, 6.07) is 22.9. The molecule has 0 radical (unpaired) electrons.